The van der Waals surface area contributed by atoms with E-state index in [2.05, 4.69) is 10.2 Å². The average Bonchev–Trinajstić information content (AvgIpc) is 2.74. The Balaban J connectivity index is 1.59. The molecule has 0 atom stereocenters. The van der Waals surface area contributed by atoms with Crippen molar-refractivity contribution in [2.75, 3.05) is 43.5 Å². The number of aryl methyl sites for hydroxylation is 2. The highest BCUT2D eigenvalue weighted by Crippen LogP contribution is 2.22. The summed E-state index contributed by atoms with van der Waals surface area (Å²) in [6, 6.07) is 13.7. The Bertz CT molecular complexity index is 841. The molecule has 0 radical (unpaired) electrons. The Morgan fingerprint density at radius 1 is 1.04 bits per heavy atom. The number of nitrogens with zero attached hydrogens (tertiary/aromatic N) is 2. The van der Waals surface area contributed by atoms with Crippen molar-refractivity contribution in [3.63, 3.8) is 0 Å². The summed E-state index contributed by atoms with van der Waals surface area (Å²) in [5.41, 5.74) is 3.83. The maximum Gasteiger partial charge on any atom is 0.313 e. The van der Waals surface area contributed by atoms with Crippen LogP contribution in [0, 0.1) is 6.92 Å². The van der Waals surface area contributed by atoms with Gasteiger partial charge in [0.05, 0.1) is 7.11 Å². The highest BCUT2D eigenvalue weighted by molar-refractivity contribution is 6.39. The Hall–Kier alpha value is -3.02. The first-order valence-corrected chi connectivity index (χ1v) is 9.61. The summed E-state index contributed by atoms with van der Waals surface area (Å²) in [4.78, 5) is 29.0. The van der Waals surface area contributed by atoms with Gasteiger partial charge in [-0.3, -0.25) is 9.59 Å². The molecule has 0 saturated carbocycles. The van der Waals surface area contributed by atoms with E-state index < -0.39 is 11.8 Å². The number of para-hydroxylation sites is 1. The minimum absolute atomic E-state index is 0.473. The van der Waals surface area contributed by atoms with Crippen LogP contribution >= 0.6 is 0 Å². The average molecular weight is 381 g/mol. The molecule has 2 aromatic rings. The van der Waals surface area contributed by atoms with Gasteiger partial charge < -0.3 is 19.9 Å². The third-order valence-electron chi connectivity index (χ3n) is 5.18. The summed E-state index contributed by atoms with van der Waals surface area (Å²) < 4.78 is 5.19. The molecule has 1 aliphatic rings. The van der Waals surface area contributed by atoms with Gasteiger partial charge in [-0.05, 0) is 48.7 Å². The fraction of sp³-hybridized carbons (Fsp3) is 0.364. The molecule has 0 aliphatic carbocycles. The second-order valence-electron chi connectivity index (χ2n) is 6.89. The predicted molar refractivity (Wildman–Crippen MR) is 111 cm³/mol. The highest BCUT2D eigenvalue weighted by atomic mass is 16.5. The largest absolute Gasteiger partial charge is 0.497 e. The van der Waals surface area contributed by atoms with E-state index in [1.807, 2.05) is 56.3 Å². The number of ether oxygens (including phenoxy) is 1. The zero-order valence-electron chi connectivity index (χ0n) is 16.7. The SMILES string of the molecule is CCc1cccc(C)c1NC(=O)C(=O)N1CCN(c2ccc(OC)cc2)CC1. The van der Waals surface area contributed by atoms with Crippen molar-refractivity contribution < 1.29 is 14.3 Å². The van der Waals surface area contributed by atoms with E-state index in [-0.39, 0.29) is 0 Å². The number of piperazine rings is 1. The molecule has 1 fully saturated rings. The molecule has 0 bridgehead atoms. The van der Waals surface area contributed by atoms with Gasteiger partial charge in [0.15, 0.2) is 0 Å². The van der Waals surface area contributed by atoms with E-state index in [1.54, 1.807) is 12.0 Å². The van der Waals surface area contributed by atoms with Gasteiger partial charge in [-0.25, -0.2) is 0 Å². The highest BCUT2D eigenvalue weighted by Gasteiger charge is 2.26. The van der Waals surface area contributed by atoms with Gasteiger partial charge in [-0.15, -0.1) is 0 Å². The minimum atomic E-state index is -0.568. The standard InChI is InChI=1S/C22H27N3O3/c1-4-17-7-5-6-16(2)20(17)23-21(26)22(27)25-14-12-24(13-15-25)18-8-10-19(28-3)11-9-18/h5-11H,4,12-15H2,1-3H3,(H,23,26). The van der Waals surface area contributed by atoms with Crippen LogP contribution < -0.4 is 15.0 Å². The van der Waals surface area contributed by atoms with Crippen LogP contribution in [0.25, 0.3) is 0 Å². The van der Waals surface area contributed by atoms with Crippen LogP contribution in [0.15, 0.2) is 42.5 Å². The van der Waals surface area contributed by atoms with Gasteiger partial charge >= 0.3 is 11.8 Å². The van der Waals surface area contributed by atoms with Crippen molar-refractivity contribution in [2.45, 2.75) is 20.3 Å². The molecule has 1 aliphatic heterocycles. The quantitative estimate of drug-likeness (QED) is 0.828. The van der Waals surface area contributed by atoms with Crippen molar-refractivity contribution in [1.29, 1.82) is 0 Å². The normalized spacial score (nSPS) is 14.0. The van der Waals surface area contributed by atoms with Crippen molar-refractivity contribution in [3.05, 3.63) is 53.6 Å². The minimum Gasteiger partial charge on any atom is -0.497 e. The van der Waals surface area contributed by atoms with Crippen LogP contribution in [0.2, 0.25) is 0 Å². The van der Waals surface area contributed by atoms with E-state index >= 15 is 0 Å². The molecule has 148 valence electrons. The Morgan fingerprint density at radius 3 is 2.32 bits per heavy atom. The third-order valence-corrected chi connectivity index (χ3v) is 5.18. The van der Waals surface area contributed by atoms with E-state index in [0.29, 0.717) is 26.2 Å². The zero-order valence-corrected chi connectivity index (χ0v) is 16.7. The molecular formula is C22H27N3O3. The summed E-state index contributed by atoms with van der Waals surface area (Å²) in [6.07, 6.45) is 0.798. The lowest BCUT2D eigenvalue weighted by atomic mass is 10.1. The number of nitrogens with one attached hydrogen (secondary N) is 1. The second-order valence-corrected chi connectivity index (χ2v) is 6.89. The monoisotopic (exact) mass is 381 g/mol. The summed E-state index contributed by atoms with van der Waals surface area (Å²) in [5, 5.41) is 2.82. The van der Waals surface area contributed by atoms with Gasteiger partial charge in [-0.1, -0.05) is 25.1 Å². The number of carbonyl (C=O) groups is 2. The molecule has 0 spiro atoms. The Labute approximate surface area is 166 Å². The number of amides is 2. The van der Waals surface area contributed by atoms with Crippen molar-refractivity contribution in [2.24, 2.45) is 0 Å². The first kappa shape index (κ1) is 19.7. The lowest BCUT2D eigenvalue weighted by Gasteiger charge is -2.35. The number of hydrogen-bond donors (Lipinski definition) is 1. The predicted octanol–water partition coefficient (Wildman–Crippen LogP) is 2.85. The fourth-order valence-corrected chi connectivity index (χ4v) is 3.47. The molecule has 0 aromatic heterocycles. The Morgan fingerprint density at radius 2 is 1.71 bits per heavy atom. The van der Waals surface area contributed by atoms with Crippen LogP contribution in [0.4, 0.5) is 11.4 Å². The number of benzene rings is 2. The van der Waals surface area contributed by atoms with E-state index in [1.165, 1.54) is 0 Å². The number of methoxy groups -OCH3 is 1. The molecule has 2 aromatic carbocycles. The molecule has 28 heavy (non-hydrogen) atoms. The van der Waals surface area contributed by atoms with Gasteiger partial charge in [0.2, 0.25) is 0 Å². The van der Waals surface area contributed by atoms with Gasteiger partial charge in [0, 0.05) is 37.6 Å². The lowest BCUT2D eigenvalue weighted by molar-refractivity contribution is -0.143. The molecule has 1 heterocycles. The second kappa shape index (κ2) is 8.78. The van der Waals surface area contributed by atoms with Crippen LogP contribution in [0.1, 0.15) is 18.1 Å². The van der Waals surface area contributed by atoms with E-state index in [0.717, 1.165) is 34.7 Å². The number of rotatable bonds is 4. The first-order valence-electron chi connectivity index (χ1n) is 9.61. The molecule has 2 amide bonds. The lowest BCUT2D eigenvalue weighted by Crippen LogP contribution is -2.51. The maximum atomic E-state index is 12.6. The van der Waals surface area contributed by atoms with Crippen LogP contribution in [-0.4, -0.2) is 50.0 Å². The van der Waals surface area contributed by atoms with E-state index in [9.17, 15) is 9.59 Å². The van der Waals surface area contributed by atoms with Crippen LogP contribution in [0.3, 0.4) is 0 Å². The van der Waals surface area contributed by atoms with Gasteiger partial charge in [0.25, 0.3) is 0 Å². The number of carbonyl (C=O) groups excluding carboxylic acids is 2. The summed E-state index contributed by atoms with van der Waals surface area (Å²) in [6.45, 7) is 6.39. The molecule has 6 heteroatoms. The molecular weight excluding hydrogens is 354 g/mol. The summed E-state index contributed by atoms with van der Waals surface area (Å²) >= 11 is 0. The van der Waals surface area contributed by atoms with E-state index in [4.69, 9.17) is 4.74 Å². The Kier molecular flexibility index (Phi) is 6.19. The number of hydrogen-bond acceptors (Lipinski definition) is 4. The smallest absolute Gasteiger partial charge is 0.313 e. The maximum absolute atomic E-state index is 12.6. The van der Waals surface area contributed by atoms with Crippen LogP contribution in [0.5, 0.6) is 5.75 Å². The first-order chi connectivity index (χ1) is 13.5. The molecule has 6 nitrogen and oxygen atoms in total. The molecule has 1 saturated heterocycles. The third kappa shape index (κ3) is 4.27. The number of anilines is 2. The van der Waals surface area contributed by atoms with Crippen LogP contribution in [-0.2, 0) is 16.0 Å². The fourth-order valence-electron chi connectivity index (χ4n) is 3.47. The van der Waals surface area contributed by atoms with Gasteiger partial charge in [-0.2, -0.15) is 0 Å². The molecule has 0 unspecified atom stereocenters. The topological polar surface area (TPSA) is 61.9 Å². The summed E-state index contributed by atoms with van der Waals surface area (Å²) in [7, 11) is 1.64. The van der Waals surface area contributed by atoms with Crippen molar-refractivity contribution >= 4 is 23.2 Å². The molecule has 1 N–H and O–H groups in total. The van der Waals surface area contributed by atoms with Gasteiger partial charge in [0.1, 0.15) is 5.75 Å². The van der Waals surface area contributed by atoms with Crippen molar-refractivity contribution in [3.8, 4) is 5.75 Å². The zero-order chi connectivity index (χ0) is 20.1. The molecule has 3 rings (SSSR count). The summed E-state index contributed by atoms with van der Waals surface area (Å²) in [5.74, 6) is -0.224. The van der Waals surface area contributed by atoms with Crippen molar-refractivity contribution in [1.82, 2.24) is 4.90 Å².